The summed E-state index contributed by atoms with van der Waals surface area (Å²) in [5.74, 6) is 0.0437. The van der Waals surface area contributed by atoms with E-state index in [4.69, 9.17) is 11.6 Å². The lowest BCUT2D eigenvalue weighted by molar-refractivity contribution is 0.496. The molecule has 162 valence electrons. The quantitative estimate of drug-likeness (QED) is 0.615. The van der Waals surface area contributed by atoms with Gasteiger partial charge in [-0.3, -0.25) is 4.57 Å². The summed E-state index contributed by atoms with van der Waals surface area (Å²) in [4.78, 5) is 20.4. The predicted octanol–water partition coefficient (Wildman–Crippen LogP) is 4.29. The van der Waals surface area contributed by atoms with Gasteiger partial charge in [0.1, 0.15) is 17.5 Å². The van der Waals surface area contributed by atoms with Gasteiger partial charge in [0, 0.05) is 59.7 Å². The number of hydrogen-bond donors (Lipinski definition) is 1. The summed E-state index contributed by atoms with van der Waals surface area (Å²) in [5.41, 5.74) is 1.14. The summed E-state index contributed by atoms with van der Waals surface area (Å²) in [5, 5.41) is 4.50. The minimum Gasteiger partial charge on any atom is -0.351 e. The Hall–Kier alpha value is -2.16. The van der Waals surface area contributed by atoms with E-state index in [1.165, 1.54) is 12.1 Å². The lowest BCUT2D eigenvalue weighted by Crippen LogP contribution is -2.50. The smallest absolute Gasteiger partial charge is 0.350 e. The highest BCUT2D eigenvalue weighted by atomic mass is 35.5. The monoisotopic (exact) mass is 462 g/mol. The average Bonchev–Trinajstić information content (AvgIpc) is 2.96. The topological polar surface area (TPSA) is 50.2 Å². The predicted molar refractivity (Wildman–Crippen MR) is 121 cm³/mol. The molecule has 1 aromatic heterocycles. The van der Waals surface area contributed by atoms with Crippen LogP contribution in [-0.2, 0) is 6.54 Å². The molecule has 3 heterocycles. The molecule has 0 bridgehead atoms. The van der Waals surface area contributed by atoms with Gasteiger partial charge in [-0.15, -0.1) is 11.8 Å². The molecule has 2 aliphatic heterocycles. The van der Waals surface area contributed by atoms with Crippen LogP contribution in [0.5, 0.6) is 0 Å². The van der Waals surface area contributed by atoms with E-state index in [1.54, 1.807) is 22.4 Å². The first kappa shape index (κ1) is 20.7. The highest BCUT2D eigenvalue weighted by Crippen LogP contribution is 2.45. The van der Waals surface area contributed by atoms with Crippen molar-refractivity contribution in [2.75, 3.05) is 30.3 Å². The van der Waals surface area contributed by atoms with E-state index in [0.29, 0.717) is 22.9 Å². The average molecular weight is 463 g/mol. The van der Waals surface area contributed by atoms with E-state index in [0.717, 1.165) is 53.7 Å². The van der Waals surface area contributed by atoms with Crippen LogP contribution in [0.3, 0.4) is 0 Å². The maximum absolute atomic E-state index is 14.7. The summed E-state index contributed by atoms with van der Waals surface area (Å²) < 4.78 is 30.0. The summed E-state index contributed by atoms with van der Waals surface area (Å²) in [6.07, 6.45) is 0.780. The number of rotatable bonds is 2. The number of aromatic nitrogens is 2. The Morgan fingerprint density at radius 1 is 1.26 bits per heavy atom. The largest absolute Gasteiger partial charge is 0.351 e. The molecular formula is C22H21ClF2N4OS. The minimum atomic E-state index is -0.679. The minimum absolute atomic E-state index is 0.161. The van der Waals surface area contributed by atoms with Crippen LogP contribution in [0.2, 0.25) is 5.02 Å². The van der Waals surface area contributed by atoms with Crippen LogP contribution >= 0.6 is 23.4 Å². The van der Waals surface area contributed by atoms with Crippen molar-refractivity contribution in [3.63, 3.8) is 0 Å². The Morgan fingerprint density at radius 2 is 2.10 bits per heavy atom. The second kappa shape index (κ2) is 8.07. The van der Waals surface area contributed by atoms with E-state index in [-0.39, 0.29) is 17.3 Å². The first-order chi connectivity index (χ1) is 15.0. The number of aryl methyl sites for hydroxylation is 1. The van der Waals surface area contributed by atoms with Gasteiger partial charge in [0.05, 0.1) is 10.5 Å². The third-order valence-electron chi connectivity index (χ3n) is 5.90. The molecule has 0 saturated carbocycles. The molecule has 5 nitrogen and oxygen atoms in total. The molecule has 1 atom stereocenters. The molecule has 0 spiro atoms. The number of thioether (sulfide) groups is 1. The fraction of sp³-hybridized carbons (Fsp3) is 0.364. The Balaban J connectivity index is 1.85. The van der Waals surface area contributed by atoms with Crippen molar-refractivity contribution in [2.45, 2.75) is 30.8 Å². The summed E-state index contributed by atoms with van der Waals surface area (Å²) in [6, 6.07) is 5.42. The Morgan fingerprint density at radius 3 is 2.87 bits per heavy atom. The van der Waals surface area contributed by atoms with E-state index in [1.807, 2.05) is 0 Å². The van der Waals surface area contributed by atoms with Crippen molar-refractivity contribution in [2.24, 2.45) is 0 Å². The lowest BCUT2D eigenvalue weighted by atomic mass is 10.0. The zero-order valence-electron chi connectivity index (χ0n) is 16.9. The standard InChI is InChI=1S/C22H21ClF2N4OS/c1-12-11-26-5-7-28(12)21-15-10-16(23)18(14-4-3-13(24)9-17(14)25)20-19(15)29(22(30)27-21)6-2-8-31-20/h3-4,9-10,12,26H,2,5-8,11H2,1H3. The normalized spacial score (nSPS) is 19.0. The second-order valence-electron chi connectivity index (χ2n) is 7.90. The van der Waals surface area contributed by atoms with Crippen molar-refractivity contribution in [1.82, 2.24) is 14.9 Å². The summed E-state index contributed by atoms with van der Waals surface area (Å²) >= 11 is 8.28. The third kappa shape index (κ3) is 3.50. The van der Waals surface area contributed by atoms with Crippen LogP contribution in [0.15, 0.2) is 34.0 Å². The number of benzene rings is 2. The van der Waals surface area contributed by atoms with Crippen LogP contribution in [0.1, 0.15) is 13.3 Å². The molecule has 0 radical (unpaired) electrons. The van der Waals surface area contributed by atoms with Crippen molar-refractivity contribution < 1.29 is 8.78 Å². The second-order valence-corrected chi connectivity index (χ2v) is 9.41. The van der Waals surface area contributed by atoms with Gasteiger partial charge in [0.25, 0.3) is 0 Å². The van der Waals surface area contributed by atoms with Gasteiger partial charge in [-0.1, -0.05) is 11.6 Å². The van der Waals surface area contributed by atoms with E-state index < -0.39 is 11.6 Å². The zero-order valence-corrected chi connectivity index (χ0v) is 18.5. The van der Waals surface area contributed by atoms with Gasteiger partial charge in [0.15, 0.2) is 0 Å². The molecule has 5 rings (SSSR count). The third-order valence-corrected chi connectivity index (χ3v) is 7.37. The molecule has 2 aromatic carbocycles. The highest BCUT2D eigenvalue weighted by molar-refractivity contribution is 7.99. The molecule has 3 aromatic rings. The van der Waals surface area contributed by atoms with Crippen LogP contribution in [-0.4, -0.2) is 41.0 Å². The molecule has 1 N–H and O–H groups in total. The number of halogens is 3. The highest BCUT2D eigenvalue weighted by Gasteiger charge is 2.28. The van der Waals surface area contributed by atoms with E-state index >= 15 is 0 Å². The van der Waals surface area contributed by atoms with Crippen molar-refractivity contribution in [1.29, 1.82) is 0 Å². The SMILES string of the molecule is CC1CNCCN1c1nc(=O)n2c3c(c(-c4ccc(F)cc4F)c(Cl)cc13)SCCC2. The van der Waals surface area contributed by atoms with Gasteiger partial charge >= 0.3 is 5.69 Å². The molecule has 31 heavy (non-hydrogen) atoms. The fourth-order valence-electron chi connectivity index (χ4n) is 4.42. The molecule has 1 unspecified atom stereocenters. The van der Waals surface area contributed by atoms with E-state index in [9.17, 15) is 13.6 Å². The van der Waals surface area contributed by atoms with E-state index in [2.05, 4.69) is 22.1 Å². The van der Waals surface area contributed by atoms with Crippen molar-refractivity contribution in [3.05, 3.63) is 51.4 Å². The molecule has 0 aliphatic carbocycles. The molecule has 2 aliphatic rings. The number of anilines is 1. The molecular weight excluding hydrogens is 442 g/mol. The zero-order chi connectivity index (χ0) is 21.7. The van der Waals surface area contributed by atoms with Crippen LogP contribution < -0.4 is 15.9 Å². The maximum Gasteiger partial charge on any atom is 0.350 e. The summed E-state index contributed by atoms with van der Waals surface area (Å²) in [6.45, 7) is 4.93. The maximum atomic E-state index is 14.7. The number of hydrogen-bond acceptors (Lipinski definition) is 5. The Kier molecular flexibility index (Phi) is 5.40. The lowest BCUT2D eigenvalue weighted by Gasteiger charge is -2.35. The fourth-order valence-corrected chi connectivity index (χ4v) is 5.98. The number of nitrogens with zero attached hydrogens (tertiary/aromatic N) is 3. The van der Waals surface area contributed by atoms with Crippen LogP contribution in [0.4, 0.5) is 14.6 Å². The van der Waals surface area contributed by atoms with Gasteiger partial charge in [-0.05, 0) is 37.3 Å². The molecule has 9 heteroatoms. The van der Waals surface area contributed by atoms with Gasteiger partial charge in [0.2, 0.25) is 0 Å². The van der Waals surface area contributed by atoms with Gasteiger partial charge in [-0.2, -0.15) is 4.98 Å². The Labute approximate surface area is 187 Å². The number of nitrogens with one attached hydrogen (secondary N) is 1. The number of piperazine rings is 1. The molecule has 1 saturated heterocycles. The first-order valence-corrected chi connectivity index (χ1v) is 11.6. The van der Waals surface area contributed by atoms with Crippen LogP contribution in [0, 0.1) is 11.6 Å². The first-order valence-electron chi connectivity index (χ1n) is 10.3. The van der Waals surface area contributed by atoms with Crippen LogP contribution in [0.25, 0.3) is 22.0 Å². The Bertz CT molecular complexity index is 1250. The molecule has 1 fully saturated rings. The van der Waals surface area contributed by atoms with Crippen molar-refractivity contribution >= 4 is 40.1 Å². The van der Waals surface area contributed by atoms with Crippen molar-refractivity contribution in [3.8, 4) is 11.1 Å². The summed E-state index contributed by atoms with van der Waals surface area (Å²) in [7, 11) is 0. The van der Waals surface area contributed by atoms with Gasteiger partial charge < -0.3 is 10.2 Å². The molecule has 0 amide bonds. The van der Waals surface area contributed by atoms with Gasteiger partial charge in [-0.25, -0.2) is 13.6 Å².